The zero-order valence-corrected chi connectivity index (χ0v) is 13.0. The maximum atomic E-state index is 12.6. The summed E-state index contributed by atoms with van der Waals surface area (Å²) in [6, 6.07) is 5.30. The summed E-state index contributed by atoms with van der Waals surface area (Å²) in [4.78, 5) is 0.275. The van der Waals surface area contributed by atoms with Crippen molar-refractivity contribution < 1.29 is 8.42 Å². The molecule has 0 bridgehead atoms. The van der Waals surface area contributed by atoms with Gasteiger partial charge in [0, 0.05) is 19.3 Å². The van der Waals surface area contributed by atoms with Crippen LogP contribution >= 0.6 is 0 Å². The number of anilines is 1. The van der Waals surface area contributed by atoms with E-state index in [1.54, 1.807) is 16.9 Å². The van der Waals surface area contributed by atoms with Crippen molar-refractivity contribution in [2.45, 2.75) is 38.3 Å². The molecule has 0 radical (unpaired) electrons. The van der Waals surface area contributed by atoms with Crippen molar-refractivity contribution in [2.75, 3.05) is 4.72 Å². The molecule has 6 nitrogen and oxygen atoms in total. The minimum Gasteiger partial charge on any atom is -0.326 e. The van der Waals surface area contributed by atoms with Gasteiger partial charge in [-0.25, -0.2) is 8.42 Å². The van der Waals surface area contributed by atoms with E-state index in [1.165, 1.54) is 6.20 Å². The Balaban J connectivity index is 2.38. The first-order chi connectivity index (χ1) is 10.00. The van der Waals surface area contributed by atoms with E-state index in [1.807, 2.05) is 26.0 Å². The molecule has 3 N–H and O–H groups in total. The normalized spacial score (nSPS) is 11.6. The zero-order valence-electron chi connectivity index (χ0n) is 12.2. The average Bonchev–Trinajstić information content (AvgIpc) is 2.93. The van der Waals surface area contributed by atoms with Crippen molar-refractivity contribution in [2.24, 2.45) is 5.73 Å². The van der Waals surface area contributed by atoms with Crippen molar-refractivity contribution in [3.8, 4) is 0 Å². The molecule has 0 saturated carbocycles. The molecule has 0 saturated heterocycles. The third-order valence-electron chi connectivity index (χ3n) is 3.25. The smallest absolute Gasteiger partial charge is 0.262 e. The number of hydrogen-bond donors (Lipinski definition) is 2. The minimum atomic E-state index is -3.64. The molecule has 0 amide bonds. The Hall–Kier alpha value is -1.86. The first kappa shape index (κ1) is 15.5. The summed E-state index contributed by atoms with van der Waals surface area (Å²) in [6.45, 7) is 4.85. The zero-order chi connectivity index (χ0) is 15.5. The van der Waals surface area contributed by atoms with Crippen LogP contribution in [0.2, 0.25) is 0 Å². The molecular weight excluding hydrogens is 288 g/mol. The highest BCUT2D eigenvalue weighted by Gasteiger charge is 2.19. The van der Waals surface area contributed by atoms with Crippen LogP contribution < -0.4 is 10.5 Å². The van der Waals surface area contributed by atoms with Gasteiger partial charge in [-0.15, -0.1) is 0 Å². The molecule has 2 rings (SSSR count). The van der Waals surface area contributed by atoms with Gasteiger partial charge in [0.05, 0.1) is 16.8 Å². The quantitative estimate of drug-likeness (QED) is 0.850. The van der Waals surface area contributed by atoms with E-state index in [0.717, 1.165) is 11.1 Å². The maximum absolute atomic E-state index is 12.6. The number of nitrogens with zero attached hydrogens (tertiary/aromatic N) is 2. The predicted molar refractivity (Wildman–Crippen MR) is 82.4 cm³/mol. The monoisotopic (exact) mass is 308 g/mol. The van der Waals surface area contributed by atoms with Crippen LogP contribution in [0.4, 0.5) is 5.69 Å². The number of aromatic nitrogens is 2. The summed E-state index contributed by atoms with van der Waals surface area (Å²) >= 11 is 0. The minimum absolute atomic E-state index is 0.275. The lowest BCUT2D eigenvalue weighted by atomic mass is 10.1. The fourth-order valence-corrected chi connectivity index (χ4v) is 3.46. The number of sulfonamides is 1. The largest absolute Gasteiger partial charge is 0.326 e. The van der Waals surface area contributed by atoms with E-state index in [0.29, 0.717) is 25.2 Å². The van der Waals surface area contributed by atoms with Crippen molar-refractivity contribution >= 4 is 15.7 Å². The molecule has 0 aliphatic heterocycles. The molecule has 0 unspecified atom stereocenters. The molecule has 1 aromatic heterocycles. The van der Waals surface area contributed by atoms with E-state index < -0.39 is 10.0 Å². The molecule has 114 valence electrons. The van der Waals surface area contributed by atoms with Gasteiger partial charge >= 0.3 is 0 Å². The molecule has 0 aliphatic rings. The van der Waals surface area contributed by atoms with E-state index in [4.69, 9.17) is 5.73 Å². The molecule has 0 spiro atoms. The van der Waals surface area contributed by atoms with Gasteiger partial charge in [-0.2, -0.15) is 5.10 Å². The molecule has 2 aromatic rings. The van der Waals surface area contributed by atoms with Crippen LogP contribution in [0.1, 0.15) is 25.0 Å². The first-order valence-electron chi connectivity index (χ1n) is 6.87. The number of nitrogens with two attached hydrogens (primary N) is 1. The molecule has 0 fully saturated rings. The highest BCUT2D eigenvalue weighted by atomic mass is 32.2. The topological polar surface area (TPSA) is 90.0 Å². The summed E-state index contributed by atoms with van der Waals surface area (Å²) in [5.74, 6) is 0. The summed E-state index contributed by atoms with van der Waals surface area (Å²) < 4.78 is 29.3. The van der Waals surface area contributed by atoms with Crippen molar-refractivity contribution in [3.63, 3.8) is 0 Å². The van der Waals surface area contributed by atoms with Gasteiger partial charge in [-0.1, -0.05) is 19.1 Å². The third-order valence-corrected chi connectivity index (χ3v) is 4.71. The molecule has 1 heterocycles. The Morgan fingerprint density at radius 2 is 2.10 bits per heavy atom. The van der Waals surface area contributed by atoms with Gasteiger partial charge in [0.2, 0.25) is 0 Å². The lowest BCUT2D eigenvalue weighted by molar-refractivity contribution is 0.600. The van der Waals surface area contributed by atoms with Gasteiger partial charge < -0.3 is 5.73 Å². The van der Waals surface area contributed by atoms with Gasteiger partial charge in [-0.05, 0) is 30.5 Å². The molecule has 7 heteroatoms. The highest BCUT2D eigenvalue weighted by molar-refractivity contribution is 7.92. The molecule has 0 atom stereocenters. The van der Waals surface area contributed by atoms with E-state index >= 15 is 0 Å². The van der Waals surface area contributed by atoms with Crippen LogP contribution in [0.25, 0.3) is 0 Å². The Morgan fingerprint density at radius 3 is 2.67 bits per heavy atom. The fourth-order valence-electron chi connectivity index (χ4n) is 2.07. The Bertz CT molecular complexity index is 722. The van der Waals surface area contributed by atoms with Gasteiger partial charge in [-0.3, -0.25) is 9.40 Å². The van der Waals surface area contributed by atoms with Crippen LogP contribution in [0.3, 0.4) is 0 Å². The third kappa shape index (κ3) is 3.43. The first-order valence-corrected chi connectivity index (χ1v) is 8.35. The van der Waals surface area contributed by atoms with Crippen LogP contribution in [0.5, 0.6) is 0 Å². The Kier molecular flexibility index (Phi) is 4.64. The Labute approximate surface area is 125 Å². The summed E-state index contributed by atoms with van der Waals surface area (Å²) in [6.07, 6.45) is 3.80. The highest BCUT2D eigenvalue weighted by Crippen LogP contribution is 2.21. The number of nitrogens with one attached hydrogen (secondary N) is 1. The SMILES string of the molecule is CCc1ccc(CN)cc1S(=O)(=O)Nc1cnn(CC)c1. The van der Waals surface area contributed by atoms with Crippen LogP contribution in [0, 0.1) is 0 Å². The number of aryl methyl sites for hydroxylation is 2. The average molecular weight is 308 g/mol. The van der Waals surface area contributed by atoms with Gasteiger partial charge in [0.25, 0.3) is 10.0 Å². The molecule has 21 heavy (non-hydrogen) atoms. The lowest BCUT2D eigenvalue weighted by Crippen LogP contribution is -2.15. The summed E-state index contributed by atoms with van der Waals surface area (Å²) in [5, 5.41) is 4.06. The summed E-state index contributed by atoms with van der Waals surface area (Å²) in [7, 11) is -3.64. The van der Waals surface area contributed by atoms with E-state index in [-0.39, 0.29) is 4.90 Å². The van der Waals surface area contributed by atoms with E-state index in [2.05, 4.69) is 9.82 Å². The Morgan fingerprint density at radius 1 is 1.33 bits per heavy atom. The van der Waals surface area contributed by atoms with Gasteiger partial charge in [0.1, 0.15) is 0 Å². The van der Waals surface area contributed by atoms with Crippen LogP contribution in [-0.2, 0) is 29.5 Å². The number of rotatable bonds is 6. The number of benzene rings is 1. The predicted octanol–water partition coefficient (Wildman–Crippen LogP) is 1.72. The lowest BCUT2D eigenvalue weighted by Gasteiger charge is -2.11. The maximum Gasteiger partial charge on any atom is 0.262 e. The summed E-state index contributed by atoms with van der Waals surface area (Å²) in [5.41, 5.74) is 7.61. The van der Waals surface area contributed by atoms with Crippen molar-refractivity contribution in [1.82, 2.24) is 9.78 Å². The van der Waals surface area contributed by atoms with Gasteiger partial charge in [0.15, 0.2) is 0 Å². The second kappa shape index (κ2) is 6.28. The molecule has 0 aliphatic carbocycles. The molecular formula is C14H20N4O2S. The second-order valence-electron chi connectivity index (χ2n) is 4.69. The van der Waals surface area contributed by atoms with Crippen LogP contribution in [-0.4, -0.2) is 18.2 Å². The molecule has 1 aromatic carbocycles. The van der Waals surface area contributed by atoms with Crippen LogP contribution in [0.15, 0.2) is 35.5 Å². The fraction of sp³-hybridized carbons (Fsp3) is 0.357. The second-order valence-corrected chi connectivity index (χ2v) is 6.34. The number of hydrogen-bond acceptors (Lipinski definition) is 4. The van der Waals surface area contributed by atoms with Crippen molar-refractivity contribution in [1.29, 1.82) is 0 Å². The van der Waals surface area contributed by atoms with E-state index in [9.17, 15) is 8.42 Å². The standard InChI is InChI=1S/C14H20N4O2S/c1-3-12-6-5-11(8-15)7-14(12)21(19,20)17-13-9-16-18(4-2)10-13/h5-7,9-10,17H,3-4,8,15H2,1-2H3. The van der Waals surface area contributed by atoms with Crippen molar-refractivity contribution in [3.05, 3.63) is 41.7 Å².